The summed E-state index contributed by atoms with van der Waals surface area (Å²) in [7, 11) is 1.66. The molecule has 0 saturated carbocycles. The molecule has 25 heavy (non-hydrogen) atoms. The van der Waals surface area contributed by atoms with Crippen molar-refractivity contribution in [1.82, 2.24) is 5.32 Å². The molecule has 0 heterocycles. The number of ether oxygens (including phenoxy) is 2. The SMILES string of the molecule is COc1cc(Br)cc(CNCCCCCO)c1OCc1ccccc1. The highest BCUT2D eigenvalue weighted by atomic mass is 79.9. The summed E-state index contributed by atoms with van der Waals surface area (Å²) >= 11 is 3.54. The number of halogens is 1. The number of nitrogens with one attached hydrogen (secondary N) is 1. The molecule has 0 amide bonds. The van der Waals surface area contributed by atoms with E-state index in [1.54, 1.807) is 7.11 Å². The molecule has 0 fully saturated rings. The van der Waals surface area contributed by atoms with E-state index < -0.39 is 0 Å². The third-order valence-electron chi connectivity index (χ3n) is 3.87. The van der Waals surface area contributed by atoms with Gasteiger partial charge in [-0.05, 0) is 43.5 Å². The Kier molecular flexibility index (Phi) is 8.80. The Hall–Kier alpha value is -1.56. The summed E-state index contributed by atoms with van der Waals surface area (Å²) in [4.78, 5) is 0. The van der Waals surface area contributed by atoms with Gasteiger partial charge in [0, 0.05) is 23.2 Å². The van der Waals surface area contributed by atoms with Crippen molar-refractivity contribution in [3.63, 3.8) is 0 Å². The van der Waals surface area contributed by atoms with Gasteiger partial charge in [-0.15, -0.1) is 0 Å². The fourth-order valence-corrected chi connectivity index (χ4v) is 3.05. The molecule has 4 nitrogen and oxygen atoms in total. The lowest BCUT2D eigenvalue weighted by Gasteiger charge is -2.16. The summed E-state index contributed by atoms with van der Waals surface area (Å²) in [6.07, 6.45) is 2.94. The van der Waals surface area contributed by atoms with Crippen LogP contribution in [-0.2, 0) is 13.2 Å². The molecule has 2 rings (SSSR count). The second-order valence-corrected chi connectivity index (χ2v) is 6.75. The molecule has 2 N–H and O–H groups in total. The standard InChI is InChI=1S/C20H26BrNO3/c1-24-19-13-18(21)12-17(14-22-10-6-3-7-11-23)20(19)25-15-16-8-4-2-5-9-16/h2,4-5,8-9,12-13,22-23H,3,6-7,10-11,14-15H2,1H3. The lowest BCUT2D eigenvalue weighted by atomic mass is 10.1. The monoisotopic (exact) mass is 407 g/mol. The number of unbranched alkanes of at least 4 members (excludes halogenated alkanes) is 2. The molecule has 5 heteroatoms. The molecule has 0 aliphatic heterocycles. The Morgan fingerprint density at radius 3 is 2.60 bits per heavy atom. The third kappa shape index (κ3) is 6.69. The van der Waals surface area contributed by atoms with E-state index in [0.717, 1.165) is 52.9 Å². The van der Waals surface area contributed by atoms with Crippen LogP contribution in [0.1, 0.15) is 30.4 Å². The maximum atomic E-state index is 8.82. The zero-order valence-electron chi connectivity index (χ0n) is 14.6. The first-order valence-electron chi connectivity index (χ1n) is 8.59. The van der Waals surface area contributed by atoms with Crippen molar-refractivity contribution in [2.75, 3.05) is 20.3 Å². The predicted octanol–water partition coefficient (Wildman–Crippen LogP) is 4.29. The zero-order valence-corrected chi connectivity index (χ0v) is 16.2. The van der Waals surface area contributed by atoms with Crippen LogP contribution in [0.15, 0.2) is 46.9 Å². The van der Waals surface area contributed by atoms with Crippen LogP contribution in [0.3, 0.4) is 0 Å². The molecule has 0 saturated heterocycles. The maximum absolute atomic E-state index is 8.82. The van der Waals surface area contributed by atoms with Crippen LogP contribution in [0.25, 0.3) is 0 Å². The van der Waals surface area contributed by atoms with Gasteiger partial charge in [-0.25, -0.2) is 0 Å². The van der Waals surface area contributed by atoms with Gasteiger partial charge in [0.25, 0.3) is 0 Å². The van der Waals surface area contributed by atoms with E-state index in [2.05, 4.69) is 27.3 Å². The number of aliphatic hydroxyl groups excluding tert-OH is 1. The van der Waals surface area contributed by atoms with Crippen molar-refractivity contribution in [2.45, 2.75) is 32.4 Å². The van der Waals surface area contributed by atoms with Gasteiger partial charge < -0.3 is 19.9 Å². The highest BCUT2D eigenvalue weighted by Crippen LogP contribution is 2.35. The fourth-order valence-electron chi connectivity index (χ4n) is 2.56. The molecule has 0 aliphatic carbocycles. The molecule has 0 bridgehead atoms. The first-order valence-corrected chi connectivity index (χ1v) is 9.38. The summed E-state index contributed by atoms with van der Waals surface area (Å²) in [5.74, 6) is 1.50. The second-order valence-electron chi connectivity index (χ2n) is 5.83. The molecule has 2 aromatic carbocycles. The molecular weight excluding hydrogens is 382 g/mol. The lowest BCUT2D eigenvalue weighted by Crippen LogP contribution is -2.16. The lowest BCUT2D eigenvalue weighted by molar-refractivity contribution is 0.279. The van der Waals surface area contributed by atoms with E-state index in [1.807, 2.05) is 36.4 Å². The van der Waals surface area contributed by atoms with Gasteiger partial charge in [0.2, 0.25) is 0 Å². The van der Waals surface area contributed by atoms with E-state index >= 15 is 0 Å². The average molecular weight is 408 g/mol. The van der Waals surface area contributed by atoms with Crippen LogP contribution < -0.4 is 14.8 Å². The van der Waals surface area contributed by atoms with Crippen LogP contribution in [0.2, 0.25) is 0 Å². The average Bonchev–Trinajstić information content (AvgIpc) is 2.64. The van der Waals surface area contributed by atoms with Gasteiger partial charge in [-0.2, -0.15) is 0 Å². The molecule has 136 valence electrons. The predicted molar refractivity (Wildman–Crippen MR) is 104 cm³/mol. The molecule has 0 unspecified atom stereocenters. The number of aliphatic hydroxyl groups is 1. The molecule has 0 aromatic heterocycles. The first-order chi connectivity index (χ1) is 12.2. The van der Waals surface area contributed by atoms with Gasteiger partial charge in [-0.1, -0.05) is 46.3 Å². The van der Waals surface area contributed by atoms with Crippen molar-refractivity contribution in [3.05, 3.63) is 58.1 Å². The van der Waals surface area contributed by atoms with Gasteiger partial charge in [0.15, 0.2) is 11.5 Å². The Morgan fingerprint density at radius 2 is 1.88 bits per heavy atom. The van der Waals surface area contributed by atoms with Gasteiger partial charge in [0.05, 0.1) is 7.11 Å². The Balaban J connectivity index is 2.02. The molecular formula is C20H26BrNO3. The minimum absolute atomic E-state index is 0.264. The Bertz CT molecular complexity index is 634. The quantitative estimate of drug-likeness (QED) is 0.545. The molecule has 0 radical (unpaired) electrons. The van der Waals surface area contributed by atoms with E-state index in [9.17, 15) is 0 Å². The first kappa shape index (κ1) is 19.8. The molecule has 0 spiro atoms. The van der Waals surface area contributed by atoms with E-state index in [1.165, 1.54) is 0 Å². The Morgan fingerprint density at radius 1 is 1.08 bits per heavy atom. The summed E-state index contributed by atoms with van der Waals surface area (Å²) in [6, 6.07) is 14.1. The van der Waals surface area contributed by atoms with Crippen LogP contribution in [0.4, 0.5) is 0 Å². The number of hydrogen-bond acceptors (Lipinski definition) is 4. The van der Waals surface area contributed by atoms with Crippen LogP contribution >= 0.6 is 15.9 Å². The Labute approximate surface area is 158 Å². The summed E-state index contributed by atoms with van der Waals surface area (Å²) < 4.78 is 12.5. The highest BCUT2D eigenvalue weighted by molar-refractivity contribution is 9.10. The van der Waals surface area contributed by atoms with Crippen molar-refractivity contribution in [2.24, 2.45) is 0 Å². The van der Waals surface area contributed by atoms with Crippen LogP contribution in [-0.4, -0.2) is 25.4 Å². The molecule has 0 aliphatic rings. The minimum Gasteiger partial charge on any atom is -0.493 e. The zero-order chi connectivity index (χ0) is 17.9. The highest BCUT2D eigenvalue weighted by Gasteiger charge is 2.13. The van der Waals surface area contributed by atoms with Gasteiger partial charge in [-0.3, -0.25) is 0 Å². The number of hydrogen-bond donors (Lipinski definition) is 2. The largest absolute Gasteiger partial charge is 0.493 e. The number of rotatable bonds is 11. The number of benzene rings is 2. The summed E-state index contributed by atoms with van der Waals surface area (Å²) in [5.41, 5.74) is 2.18. The number of methoxy groups -OCH3 is 1. The van der Waals surface area contributed by atoms with Crippen LogP contribution in [0, 0.1) is 0 Å². The van der Waals surface area contributed by atoms with Crippen molar-refractivity contribution < 1.29 is 14.6 Å². The summed E-state index contributed by atoms with van der Waals surface area (Å²) in [5, 5.41) is 12.3. The maximum Gasteiger partial charge on any atom is 0.166 e. The smallest absolute Gasteiger partial charge is 0.166 e. The van der Waals surface area contributed by atoms with E-state index in [0.29, 0.717) is 13.2 Å². The fraction of sp³-hybridized carbons (Fsp3) is 0.400. The van der Waals surface area contributed by atoms with E-state index in [-0.39, 0.29) is 6.61 Å². The van der Waals surface area contributed by atoms with Crippen molar-refractivity contribution in [3.8, 4) is 11.5 Å². The van der Waals surface area contributed by atoms with Gasteiger partial charge >= 0.3 is 0 Å². The normalized spacial score (nSPS) is 10.7. The third-order valence-corrected chi connectivity index (χ3v) is 4.33. The second kappa shape index (κ2) is 11.1. The van der Waals surface area contributed by atoms with Gasteiger partial charge in [0.1, 0.15) is 6.61 Å². The van der Waals surface area contributed by atoms with Crippen molar-refractivity contribution >= 4 is 15.9 Å². The minimum atomic E-state index is 0.264. The van der Waals surface area contributed by atoms with E-state index in [4.69, 9.17) is 14.6 Å². The van der Waals surface area contributed by atoms with Crippen LogP contribution in [0.5, 0.6) is 11.5 Å². The topological polar surface area (TPSA) is 50.7 Å². The molecule has 0 atom stereocenters. The van der Waals surface area contributed by atoms with Crippen molar-refractivity contribution in [1.29, 1.82) is 0 Å². The molecule has 2 aromatic rings. The summed E-state index contributed by atoms with van der Waals surface area (Å²) in [6.45, 7) is 2.38.